The summed E-state index contributed by atoms with van der Waals surface area (Å²) in [5, 5.41) is 15.6. The molecule has 1 heterocycles. The number of carbonyl (C=O) groups is 3. The molecule has 0 aromatic heterocycles. The Morgan fingerprint density at radius 3 is 2.03 bits per heavy atom. The van der Waals surface area contributed by atoms with E-state index in [0.29, 0.717) is 24.1 Å². The van der Waals surface area contributed by atoms with Crippen molar-refractivity contribution in [2.45, 2.75) is 38.6 Å². The highest BCUT2D eigenvalue weighted by molar-refractivity contribution is 5.95. The Hall–Kier alpha value is -3.32. The number of rotatable bonds is 9. The lowest BCUT2D eigenvalue weighted by atomic mass is 9.90. The van der Waals surface area contributed by atoms with E-state index in [1.165, 1.54) is 30.5 Å². The van der Waals surface area contributed by atoms with Gasteiger partial charge < -0.3 is 10.2 Å². The van der Waals surface area contributed by atoms with Crippen LogP contribution in [-0.4, -0.2) is 45.9 Å². The number of ketones is 1. The maximum Gasteiger partial charge on any atom is 0.328 e. The minimum atomic E-state index is -1.26. The quantitative estimate of drug-likeness (QED) is 0.417. The number of hydrogen-bond acceptors (Lipinski definition) is 4. The topological polar surface area (TPSA) is 94.9 Å². The van der Waals surface area contributed by atoms with Crippen LogP contribution in [0.3, 0.4) is 0 Å². The molecule has 2 N–H and O–H groups in total. The summed E-state index contributed by atoms with van der Waals surface area (Å²) < 4.78 is 12.9. The first-order valence-electron chi connectivity index (χ1n) is 11.0. The molecule has 0 spiro atoms. The van der Waals surface area contributed by atoms with Crippen LogP contribution >= 0.6 is 0 Å². The largest absolute Gasteiger partial charge is 0.478 e. The van der Waals surface area contributed by atoms with Gasteiger partial charge in [-0.1, -0.05) is 30.3 Å². The molecule has 2 aromatic rings. The van der Waals surface area contributed by atoms with Gasteiger partial charge in [-0.3, -0.25) is 9.69 Å². The lowest BCUT2D eigenvalue weighted by Crippen LogP contribution is -2.33. The minimum absolute atomic E-state index is 0.126. The van der Waals surface area contributed by atoms with Gasteiger partial charge in [-0.05, 0) is 74.5 Å². The molecule has 0 unspecified atom stereocenters. The highest BCUT2D eigenvalue weighted by Gasteiger charge is 2.19. The Bertz CT molecular complexity index is 903. The highest BCUT2D eigenvalue weighted by Crippen LogP contribution is 2.24. The standard InChI is InChI=1S/C22H26FNO.C4H4O4/c23-21-11-9-20(10-12-21)22(25)8-4-7-18-13-15-24(16-14-18)17-19-5-2-1-3-6-19;5-3(6)1-2-4(7)8/h1-3,5-6,9-12,18H,4,7-8,13-17H2;1-2H,(H,5,6)(H,7,8). The maximum atomic E-state index is 12.9. The van der Waals surface area contributed by atoms with Gasteiger partial charge in [-0.25, -0.2) is 14.0 Å². The lowest BCUT2D eigenvalue weighted by Gasteiger charge is -2.32. The molecule has 2 aromatic carbocycles. The molecular formula is C26H30FNO5. The van der Waals surface area contributed by atoms with E-state index in [-0.39, 0.29) is 11.6 Å². The monoisotopic (exact) mass is 455 g/mol. The molecule has 0 aliphatic carbocycles. The van der Waals surface area contributed by atoms with Gasteiger partial charge in [0, 0.05) is 30.7 Å². The molecule has 0 amide bonds. The van der Waals surface area contributed by atoms with Crippen molar-refractivity contribution in [3.05, 3.63) is 83.7 Å². The zero-order valence-electron chi connectivity index (χ0n) is 18.5. The van der Waals surface area contributed by atoms with E-state index in [4.69, 9.17) is 10.2 Å². The molecule has 6 nitrogen and oxygen atoms in total. The van der Waals surface area contributed by atoms with Crippen molar-refractivity contribution in [1.29, 1.82) is 0 Å². The van der Waals surface area contributed by atoms with Crippen LogP contribution in [0.4, 0.5) is 4.39 Å². The number of aliphatic carboxylic acids is 2. The number of halogens is 1. The van der Waals surface area contributed by atoms with Gasteiger partial charge in [0.15, 0.2) is 5.78 Å². The van der Waals surface area contributed by atoms with E-state index in [1.807, 2.05) is 0 Å². The normalized spacial score (nSPS) is 14.5. The molecule has 33 heavy (non-hydrogen) atoms. The molecule has 0 saturated carbocycles. The second-order valence-electron chi connectivity index (χ2n) is 8.04. The van der Waals surface area contributed by atoms with Gasteiger partial charge in [0.1, 0.15) is 5.82 Å². The van der Waals surface area contributed by atoms with E-state index < -0.39 is 11.9 Å². The van der Waals surface area contributed by atoms with Crippen molar-refractivity contribution in [2.75, 3.05) is 13.1 Å². The molecule has 0 radical (unpaired) electrons. The predicted molar refractivity (Wildman–Crippen MR) is 123 cm³/mol. The molecule has 0 bridgehead atoms. The zero-order valence-corrected chi connectivity index (χ0v) is 18.5. The predicted octanol–water partition coefficient (Wildman–Crippen LogP) is 4.80. The average molecular weight is 456 g/mol. The van der Waals surface area contributed by atoms with Gasteiger partial charge in [-0.15, -0.1) is 0 Å². The van der Waals surface area contributed by atoms with E-state index in [0.717, 1.165) is 38.4 Å². The van der Waals surface area contributed by atoms with E-state index in [2.05, 4.69) is 35.2 Å². The first-order valence-corrected chi connectivity index (χ1v) is 11.0. The van der Waals surface area contributed by atoms with Crippen molar-refractivity contribution in [3.8, 4) is 0 Å². The second-order valence-corrected chi connectivity index (χ2v) is 8.04. The maximum absolute atomic E-state index is 12.9. The lowest BCUT2D eigenvalue weighted by molar-refractivity contribution is -0.134. The van der Waals surface area contributed by atoms with Crippen LogP contribution in [0.25, 0.3) is 0 Å². The summed E-state index contributed by atoms with van der Waals surface area (Å²) in [6.45, 7) is 3.33. The number of likely N-dealkylation sites (tertiary alicyclic amines) is 1. The third kappa shape index (κ3) is 10.7. The molecule has 1 aliphatic rings. The summed E-state index contributed by atoms with van der Waals surface area (Å²) in [5.74, 6) is -1.95. The van der Waals surface area contributed by atoms with Crippen LogP contribution in [-0.2, 0) is 16.1 Å². The summed E-state index contributed by atoms with van der Waals surface area (Å²) in [6, 6.07) is 16.5. The van der Waals surface area contributed by atoms with Crippen LogP contribution in [0.15, 0.2) is 66.7 Å². The number of Topliss-reactive ketones (excluding diaryl/α,β-unsaturated/α-hetero) is 1. The molecule has 7 heteroatoms. The van der Waals surface area contributed by atoms with Gasteiger partial charge >= 0.3 is 11.9 Å². The highest BCUT2D eigenvalue weighted by atomic mass is 19.1. The number of nitrogens with zero attached hydrogens (tertiary/aromatic N) is 1. The fourth-order valence-corrected chi connectivity index (χ4v) is 3.75. The van der Waals surface area contributed by atoms with Gasteiger partial charge in [0.05, 0.1) is 0 Å². The number of benzene rings is 2. The average Bonchev–Trinajstić information content (AvgIpc) is 2.80. The van der Waals surface area contributed by atoms with Gasteiger partial charge in [-0.2, -0.15) is 0 Å². The smallest absolute Gasteiger partial charge is 0.328 e. The third-order valence-electron chi connectivity index (χ3n) is 5.51. The van der Waals surface area contributed by atoms with E-state index >= 15 is 0 Å². The minimum Gasteiger partial charge on any atom is -0.478 e. The number of carboxylic acids is 2. The van der Waals surface area contributed by atoms with Crippen LogP contribution < -0.4 is 0 Å². The first kappa shape index (κ1) is 25.9. The molecule has 1 saturated heterocycles. The van der Waals surface area contributed by atoms with Crippen molar-refractivity contribution in [2.24, 2.45) is 5.92 Å². The Morgan fingerprint density at radius 2 is 1.48 bits per heavy atom. The fourth-order valence-electron chi connectivity index (χ4n) is 3.75. The van der Waals surface area contributed by atoms with Gasteiger partial charge in [0.25, 0.3) is 0 Å². The van der Waals surface area contributed by atoms with Crippen molar-refractivity contribution < 1.29 is 29.0 Å². The molecule has 0 atom stereocenters. The molecule has 1 aliphatic heterocycles. The van der Waals surface area contributed by atoms with Crippen molar-refractivity contribution in [3.63, 3.8) is 0 Å². The second kappa shape index (κ2) is 14.0. The van der Waals surface area contributed by atoms with Crippen LogP contribution in [0, 0.1) is 11.7 Å². The Kier molecular flexibility index (Phi) is 11.0. The molecular weight excluding hydrogens is 425 g/mol. The van der Waals surface area contributed by atoms with Crippen LogP contribution in [0.2, 0.25) is 0 Å². The summed E-state index contributed by atoms with van der Waals surface area (Å²) in [7, 11) is 0. The molecule has 176 valence electrons. The summed E-state index contributed by atoms with van der Waals surface area (Å²) in [4.78, 5) is 33.8. The van der Waals surface area contributed by atoms with E-state index in [9.17, 15) is 18.8 Å². The van der Waals surface area contributed by atoms with Crippen LogP contribution in [0.1, 0.15) is 48.0 Å². The third-order valence-corrected chi connectivity index (χ3v) is 5.51. The van der Waals surface area contributed by atoms with Crippen molar-refractivity contribution >= 4 is 17.7 Å². The Morgan fingerprint density at radius 1 is 0.909 bits per heavy atom. The molecule has 3 rings (SSSR count). The van der Waals surface area contributed by atoms with E-state index in [1.54, 1.807) is 12.1 Å². The van der Waals surface area contributed by atoms with Gasteiger partial charge in [0.2, 0.25) is 0 Å². The number of piperidine rings is 1. The fraction of sp³-hybridized carbons (Fsp3) is 0.346. The number of carboxylic acid groups (broad SMARTS) is 2. The molecule has 1 fully saturated rings. The summed E-state index contributed by atoms with van der Waals surface area (Å²) in [6.07, 6.45) is 6.17. The Balaban J connectivity index is 0.000000414. The summed E-state index contributed by atoms with van der Waals surface area (Å²) in [5.41, 5.74) is 2.00. The van der Waals surface area contributed by atoms with Crippen LogP contribution in [0.5, 0.6) is 0 Å². The zero-order chi connectivity index (χ0) is 24.1. The Labute approximate surface area is 193 Å². The van der Waals surface area contributed by atoms with Crippen molar-refractivity contribution in [1.82, 2.24) is 4.90 Å². The first-order chi connectivity index (χ1) is 15.8. The SMILES string of the molecule is O=C(CCCC1CCN(Cc2ccccc2)CC1)c1ccc(F)cc1.O=C(O)C=CC(=O)O. The summed E-state index contributed by atoms with van der Waals surface area (Å²) >= 11 is 0. The number of hydrogen-bond donors (Lipinski definition) is 2. The number of carbonyl (C=O) groups excluding carboxylic acids is 1.